The average molecular weight is 246 g/mol. The van der Waals surface area contributed by atoms with E-state index in [0.717, 1.165) is 0 Å². The molecule has 3 N–H and O–H groups in total. The molecule has 0 heterocycles. The van der Waals surface area contributed by atoms with Crippen molar-refractivity contribution in [2.45, 2.75) is 0 Å². The molecule has 0 saturated heterocycles. The quantitative estimate of drug-likeness (QED) is 0.302. The fourth-order valence-corrected chi connectivity index (χ4v) is 0. The molecular weight excluding hydrogens is 242 g/mol. The second-order valence-corrected chi connectivity index (χ2v) is 1.54. The van der Waals surface area contributed by atoms with Crippen molar-refractivity contribution in [1.29, 1.82) is 0 Å². The van der Waals surface area contributed by atoms with Gasteiger partial charge in [0.2, 0.25) is 0 Å². The molecule has 0 amide bonds. The van der Waals surface area contributed by atoms with Crippen molar-refractivity contribution in [3.8, 4) is 0 Å². The summed E-state index contributed by atoms with van der Waals surface area (Å²) >= 11 is 0. The van der Waals surface area contributed by atoms with Gasteiger partial charge >= 0.3 is 59.2 Å². The third-order valence-electron chi connectivity index (χ3n) is 0. The zero-order valence-corrected chi connectivity index (χ0v) is 9.00. The van der Waals surface area contributed by atoms with Gasteiger partial charge in [-0.25, -0.2) is 4.57 Å². The van der Waals surface area contributed by atoms with E-state index in [4.69, 9.17) is 19.2 Å². The van der Waals surface area contributed by atoms with Crippen molar-refractivity contribution in [2.24, 2.45) is 0 Å². The topological polar surface area (TPSA) is 77.8 Å². The van der Waals surface area contributed by atoms with E-state index in [1.807, 2.05) is 0 Å². The molecule has 0 rings (SSSR count). The molecule has 0 aliphatic carbocycles. The van der Waals surface area contributed by atoms with Crippen LogP contribution in [-0.4, -0.2) is 14.7 Å². The second-order valence-electron chi connectivity index (χ2n) is 0.513. The third-order valence-corrected chi connectivity index (χ3v) is 0. The minimum atomic E-state index is -4.64. The fourth-order valence-electron chi connectivity index (χ4n) is 0. The maximum atomic E-state index is 8.88. The normalized spacial score (nSPS) is 8.43. The molecule has 45 valence electrons. The van der Waals surface area contributed by atoms with Crippen molar-refractivity contribution >= 4 is 7.82 Å². The van der Waals surface area contributed by atoms with Gasteiger partial charge in [0.05, 0.1) is 0 Å². The van der Waals surface area contributed by atoms with Crippen LogP contribution in [0.2, 0.25) is 0 Å². The van der Waals surface area contributed by atoms with Gasteiger partial charge in [-0.15, -0.1) is 0 Å². The predicted molar refractivity (Wildman–Crippen MR) is 15.4 cm³/mol. The summed E-state index contributed by atoms with van der Waals surface area (Å²) in [5, 5.41) is 0. The Bertz CT molecular complexity index is 62.2. The summed E-state index contributed by atoms with van der Waals surface area (Å²) in [5.41, 5.74) is 0. The monoisotopic (exact) mass is 245 g/mol. The van der Waals surface area contributed by atoms with Gasteiger partial charge in [0.25, 0.3) is 0 Å². The Morgan fingerprint density at radius 1 is 1.29 bits per heavy atom. The second kappa shape index (κ2) is 6.60. The molecule has 7 heavy (non-hydrogen) atoms. The molecule has 0 aromatic heterocycles. The van der Waals surface area contributed by atoms with Crippen LogP contribution in [0, 0.1) is 0 Å². The smallest absolute Gasteiger partial charge is 1.00 e. The summed E-state index contributed by atoms with van der Waals surface area (Å²) in [4.78, 5) is 21.6. The van der Waals surface area contributed by atoms with Gasteiger partial charge in [-0.05, 0) is 0 Å². The van der Waals surface area contributed by atoms with Gasteiger partial charge in [0.15, 0.2) is 0 Å². The summed E-state index contributed by atoms with van der Waals surface area (Å²) in [7, 11) is -4.64. The van der Waals surface area contributed by atoms with Gasteiger partial charge in [0.1, 0.15) is 0 Å². The van der Waals surface area contributed by atoms with Gasteiger partial charge < -0.3 is 16.1 Å². The Kier molecular flexibility index (Phi) is 15.3. The first-order valence-electron chi connectivity index (χ1n) is 0.783. The Morgan fingerprint density at radius 3 is 1.29 bits per heavy atom. The molecule has 0 bridgehead atoms. The fraction of sp³-hybridized carbons (Fsp3) is 0. The molecule has 0 aliphatic heterocycles. The molecule has 1 radical (unpaired) electrons. The predicted octanol–water partition coefficient (Wildman–Crippen LogP) is -3.81. The van der Waals surface area contributed by atoms with E-state index >= 15 is 0 Å². The summed E-state index contributed by atoms with van der Waals surface area (Å²) in [6, 6.07) is 0. The van der Waals surface area contributed by atoms with Gasteiger partial charge in [-0.3, -0.25) is 0 Å². The maximum Gasteiger partial charge on any atom is 1.00 e. The van der Waals surface area contributed by atoms with Gasteiger partial charge in [-0.2, -0.15) is 0 Å². The third kappa shape index (κ3) is 57.8. The molecule has 0 unspecified atom stereocenters. The minimum Gasteiger partial charge on any atom is -1.00 e. The minimum absolute atomic E-state index is 0. The molecule has 0 saturated carbocycles. The molecule has 0 aromatic carbocycles. The molecular formula is H4AgKO4P. The Hall–Kier alpha value is 2.49. The number of rotatable bonds is 0. The number of hydrogen-bond donors (Lipinski definition) is 3. The Labute approximate surface area is 100 Å². The van der Waals surface area contributed by atoms with E-state index in [0.29, 0.717) is 0 Å². The Morgan fingerprint density at radius 2 is 1.29 bits per heavy atom. The zero-order valence-electron chi connectivity index (χ0n) is 4.50. The first-order chi connectivity index (χ1) is 2.00. The summed E-state index contributed by atoms with van der Waals surface area (Å²) in [6.07, 6.45) is 0. The van der Waals surface area contributed by atoms with E-state index in [1.54, 1.807) is 0 Å². The van der Waals surface area contributed by atoms with Crippen LogP contribution < -0.4 is 51.4 Å². The van der Waals surface area contributed by atoms with Gasteiger partial charge in [-0.1, -0.05) is 0 Å². The zero-order chi connectivity index (χ0) is 4.50. The van der Waals surface area contributed by atoms with Crippen LogP contribution in [-0.2, 0) is 26.9 Å². The van der Waals surface area contributed by atoms with Crippen molar-refractivity contribution in [3.05, 3.63) is 0 Å². The first kappa shape index (κ1) is 16.2. The van der Waals surface area contributed by atoms with Crippen molar-refractivity contribution in [2.75, 3.05) is 0 Å². The van der Waals surface area contributed by atoms with Crippen LogP contribution in [0.3, 0.4) is 0 Å². The van der Waals surface area contributed by atoms with E-state index in [2.05, 4.69) is 0 Å². The number of phosphoric acid groups is 1. The van der Waals surface area contributed by atoms with Crippen molar-refractivity contribution in [3.63, 3.8) is 0 Å². The van der Waals surface area contributed by atoms with E-state index < -0.39 is 7.82 Å². The van der Waals surface area contributed by atoms with Crippen molar-refractivity contribution in [1.82, 2.24) is 0 Å². The molecule has 0 spiro atoms. The Balaban J connectivity index is -0.0000000267. The molecule has 0 aromatic rings. The molecule has 4 nitrogen and oxygen atoms in total. The van der Waals surface area contributed by atoms with E-state index in [9.17, 15) is 0 Å². The number of hydrogen-bond acceptors (Lipinski definition) is 1. The average Bonchev–Trinajstić information content (AvgIpc) is 0.722. The van der Waals surface area contributed by atoms with E-state index in [-0.39, 0.29) is 75.2 Å². The molecule has 0 fully saturated rings. The standard InChI is InChI=1S/Ag.K.H3O4P.H/c;;1-5(2,3)4;/h;;(H3,1,2,3,4);/q;+1;;-1. The largest absolute Gasteiger partial charge is 1.00 e. The van der Waals surface area contributed by atoms with Crippen LogP contribution in [0.4, 0.5) is 0 Å². The SMILES string of the molecule is O=P(O)(O)O.[Ag].[H-].[K+]. The summed E-state index contributed by atoms with van der Waals surface area (Å²) < 4.78 is 8.88. The summed E-state index contributed by atoms with van der Waals surface area (Å²) in [5.74, 6) is 0. The van der Waals surface area contributed by atoms with E-state index in [1.165, 1.54) is 0 Å². The maximum absolute atomic E-state index is 8.88. The van der Waals surface area contributed by atoms with Crippen LogP contribution in [0.1, 0.15) is 1.43 Å². The van der Waals surface area contributed by atoms with Crippen LogP contribution in [0.15, 0.2) is 0 Å². The molecule has 0 atom stereocenters. The summed E-state index contributed by atoms with van der Waals surface area (Å²) in [6.45, 7) is 0. The first-order valence-corrected chi connectivity index (χ1v) is 2.35. The molecule has 0 aliphatic rings. The van der Waals surface area contributed by atoms with Crippen LogP contribution in [0.5, 0.6) is 0 Å². The van der Waals surface area contributed by atoms with Crippen LogP contribution >= 0.6 is 7.82 Å². The van der Waals surface area contributed by atoms with Gasteiger partial charge in [0, 0.05) is 22.4 Å². The van der Waals surface area contributed by atoms with Crippen LogP contribution in [0.25, 0.3) is 0 Å². The van der Waals surface area contributed by atoms with Crippen molar-refractivity contribution < 1.29 is 94.4 Å². The molecule has 7 heteroatoms.